The second-order valence-corrected chi connectivity index (χ2v) is 10.6. The minimum atomic E-state index is -3.66. The molecule has 0 radical (unpaired) electrons. The molecule has 2 aliphatic rings. The largest absolute Gasteiger partial charge is 0.439 e. The Labute approximate surface area is 175 Å². The van der Waals surface area contributed by atoms with Crippen molar-refractivity contribution in [2.45, 2.75) is 39.7 Å². The number of Topliss-reactive ketones (excluding diaryl/α,β-unsaturated/α-hetero) is 1. The Kier molecular flexibility index (Phi) is 5.18. The number of aromatic nitrogens is 1. The van der Waals surface area contributed by atoms with Gasteiger partial charge in [-0.2, -0.15) is 0 Å². The van der Waals surface area contributed by atoms with E-state index in [9.17, 15) is 17.6 Å². The Balaban J connectivity index is 1.43. The van der Waals surface area contributed by atoms with Crippen molar-refractivity contribution in [2.24, 2.45) is 16.7 Å². The number of rotatable bonds is 7. The summed E-state index contributed by atoms with van der Waals surface area (Å²) in [6, 6.07) is 8.86. The van der Waals surface area contributed by atoms with Crippen LogP contribution in [0.2, 0.25) is 0 Å². The molecule has 2 atom stereocenters. The number of hydrogen-bond acceptors (Lipinski definition) is 5. The third kappa shape index (κ3) is 3.74. The molecule has 30 heavy (non-hydrogen) atoms. The number of ether oxygens (including phenoxy) is 1. The van der Waals surface area contributed by atoms with E-state index in [1.165, 1.54) is 30.5 Å². The number of carbonyl (C=O) groups excluding carboxylic acids is 1. The Bertz CT molecular complexity index is 1070. The number of halogens is 1. The second kappa shape index (κ2) is 7.42. The third-order valence-electron chi connectivity index (χ3n) is 6.91. The van der Waals surface area contributed by atoms with Crippen LogP contribution in [0.1, 0.15) is 38.7 Å². The number of fused-ring (bicyclic) bond motifs is 2. The standard InChI is InChI=1S/C22H25FN2O4S/c1-21(2)16-7-9-22(21,19(26)12-16)14-30(27,28)25-13-15-8-10-24-20(11-15)29-18-5-3-17(23)4-6-18/h3-6,8,10-11,16,25H,7,9,12-14H2,1-2H3. The van der Waals surface area contributed by atoms with Crippen molar-refractivity contribution in [2.75, 3.05) is 5.75 Å². The van der Waals surface area contributed by atoms with Crippen molar-refractivity contribution < 1.29 is 22.3 Å². The maximum absolute atomic E-state index is 13.0. The van der Waals surface area contributed by atoms with E-state index in [0.717, 1.165) is 6.42 Å². The van der Waals surface area contributed by atoms with E-state index >= 15 is 0 Å². The van der Waals surface area contributed by atoms with Crippen LogP contribution in [0.5, 0.6) is 11.6 Å². The quantitative estimate of drug-likeness (QED) is 0.719. The van der Waals surface area contributed by atoms with Gasteiger partial charge in [0, 0.05) is 30.6 Å². The average molecular weight is 433 g/mol. The van der Waals surface area contributed by atoms with E-state index in [0.29, 0.717) is 24.2 Å². The molecule has 1 aromatic carbocycles. The van der Waals surface area contributed by atoms with Crippen LogP contribution >= 0.6 is 0 Å². The van der Waals surface area contributed by atoms with Gasteiger partial charge in [0.05, 0.1) is 5.75 Å². The molecule has 4 rings (SSSR count). The lowest BCUT2D eigenvalue weighted by Gasteiger charge is -2.36. The molecule has 2 fully saturated rings. The molecule has 160 valence electrons. The number of pyridine rings is 1. The zero-order chi connectivity index (χ0) is 21.6. The highest BCUT2D eigenvalue weighted by atomic mass is 32.2. The van der Waals surface area contributed by atoms with Crippen LogP contribution in [0.3, 0.4) is 0 Å². The molecule has 1 aromatic heterocycles. The van der Waals surface area contributed by atoms with Crippen LogP contribution in [-0.2, 0) is 21.4 Å². The van der Waals surface area contributed by atoms with Gasteiger partial charge in [-0.3, -0.25) is 4.79 Å². The van der Waals surface area contributed by atoms with E-state index in [4.69, 9.17) is 4.74 Å². The summed E-state index contributed by atoms with van der Waals surface area (Å²) in [5, 5.41) is 0. The van der Waals surface area contributed by atoms with Gasteiger partial charge in [-0.05, 0) is 60.1 Å². The highest BCUT2D eigenvalue weighted by Crippen LogP contribution is 2.64. The van der Waals surface area contributed by atoms with Gasteiger partial charge in [0.2, 0.25) is 15.9 Å². The van der Waals surface area contributed by atoms with Crippen LogP contribution in [-0.4, -0.2) is 24.9 Å². The summed E-state index contributed by atoms with van der Waals surface area (Å²) < 4.78 is 46.9. The van der Waals surface area contributed by atoms with Gasteiger partial charge >= 0.3 is 0 Å². The van der Waals surface area contributed by atoms with Crippen LogP contribution in [0.25, 0.3) is 0 Å². The predicted molar refractivity (Wildman–Crippen MR) is 110 cm³/mol. The molecule has 1 N–H and O–H groups in total. The maximum atomic E-state index is 13.0. The fourth-order valence-corrected chi connectivity index (χ4v) is 6.73. The minimum Gasteiger partial charge on any atom is -0.439 e. The monoisotopic (exact) mass is 432 g/mol. The summed E-state index contributed by atoms with van der Waals surface area (Å²) in [7, 11) is -3.66. The Morgan fingerprint density at radius 1 is 1.23 bits per heavy atom. The lowest BCUT2D eigenvalue weighted by atomic mass is 9.70. The van der Waals surface area contributed by atoms with E-state index in [1.807, 2.05) is 13.8 Å². The topological polar surface area (TPSA) is 85.4 Å². The number of nitrogens with zero attached hydrogens (tertiary/aromatic N) is 1. The molecule has 6 nitrogen and oxygen atoms in total. The molecule has 2 saturated carbocycles. The Morgan fingerprint density at radius 2 is 1.97 bits per heavy atom. The Hall–Kier alpha value is -2.32. The fraction of sp³-hybridized carbons (Fsp3) is 0.455. The molecule has 0 aliphatic heterocycles. The number of hydrogen-bond donors (Lipinski definition) is 1. The maximum Gasteiger partial charge on any atom is 0.219 e. The van der Waals surface area contributed by atoms with Gasteiger partial charge in [0.1, 0.15) is 17.3 Å². The number of carbonyl (C=O) groups is 1. The van der Waals surface area contributed by atoms with Gasteiger partial charge in [0.25, 0.3) is 0 Å². The van der Waals surface area contributed by atoms with Crippen LogP contribution in [0.4, 0.5) is 4.39 Å². The summed E-state index contributed by atoms with van der Waals surface area (Å²) in [6.07, 6.45) is 3.54. The molecule has 2 aliphatic carbocycles. The first kappa shape index (κ1) is 20.9. The van der Waals surface area contributed by atoms with Crippen molar-refractivity contribution in [3.05, 3.63) is 54.0 Å². The lowest BCUT2D eigenvalue weighted by molar-refractivity contribution is -0.128. The van der Waals surface area contributed by atoms with Crippen molar-refractivity contribution in [3.8, 4) is 11.6 Å². The van der Waals surface area contributed by atoms with Crippen molar-refractivity contribution in [1.29, 1.82) is 0 Å². The Morgan fingerprint density at radius 3 is 2.60 bits per heavy atom. The van der Waals surface area contributed by atoms with E-state index < -0.39 is 15.4 Å². The van der Waals surface area contributed by atoms with E-state index in [1.54, 1.807) is 12.1 Å². The zero-order valence-electron chi connectivity index (χ0n) is 17.0. The second-order valence-electron chi connectivity index (χ2n) is 8.81. The highest BCUT2D eigenvalue weighted by molar-refractivity contribution is 7.89. The van der Waals surface area contributed by atoms with Gasteiger partial charge in [0.15, 0.2) is 0 Å². The molecule has 2 bridgehead atoms. The van der Waals surface area contributed by atoms with Gasteiger partial charge < -0.3 is 4.74 Å². The van der Waals surface area contributed by atoms with E-state index in [2.05, 4.69) is 9.71 Å². The van der Waals surface area contributed by atoms with Crippen LogP contribution < -0.4 is 9.46 Å². The van der Waals surface area contributed by atoms with E-state index in [-0.39, 0.29) is 41.1 Å². The van der Waals surface area contributed by atoms with Crippen LogP contribution in [0.15, 0.2) is 42.6 Å². The molecule has 8 heteroatoms. The smallest absolute Gasteiger partial charge is 0.219 e. The number of sulfonamides is 1. The average Bonchev–Trinajstić information content (AvgIpc) is 3.03. The molecular weight excluding hydrogens is 407 g/mol. The van der Waals surface area contributed by atoms with Gasteiger partial charge in [-0.25, -0.2) is 22.5 Å². The summed E-state index contributed by atoms with van der Waals surface area (Å²) >= 11 is 0. The van der Waals surface area contributed by atoms with Gasteiger partial charge in [-0.15, -0.1) is 0 Å². The third-order valence-corrected chi connectivity index (χ3v) is 8.36. The first-order valence-corrected chi connectivity index (χ1v) is 11.7. The van der Waals surface area contributed by atoms with Crippen molar-refractivity contribution in [3.63, 3.8) is 0 Å². The summed E-state index contributed by atoms with van der Waals surface area (Å²) in [5.74, 6) is 0.517. The first-order chi connectivity index (χ1) is 14.1. The summed E-state index contributed by atoms with van der Waals surface area (Å²) in [6.45, 7) is 4.11. The fourth-order valence-electron chi connectivity index (χ4n) is 4.92. The molecule has 0 saturated heterocycles. The van der Waals surface area contributed by atoms with Crippen molar-refractivity contribution >= 4 is 15.8 Å². The highest BCUT2D eigenvalue weighted by Gasteiger charge is 2.65. The minimum absolute atomic E-state index is 0.0682. The predicted octanol–water partition coefficient (Wildman–Crippen LogP) is 3.83. The number of ketones is 1. The summed E-state index contributed by atoms with van der Waals surface area (Å²) in [4.78, 5) is 16.7. The molecule has 0 amide bonds. The van der Waals surface area contributed by atoms with Crippen molar-refractivity contribution in [1.82, 2.24) is 9.71 Å². The SMILES string of the molecule is CC1(C)C2CCC1(CS(=O)(=O)NCc1ccnc(Oc3ccc(F)cc3)c1)C(=O)C2. The number of nitrogens with one attached hydrogen (secondary N) is 1. The lowest BCUT2D eigenvalue weighted by Crippen LogP contribution is -2.45. The normalized spacial score (nSPS) is 24.9. The molecule has 1 heterocycles. The number of benzene rings is 1. The zero-order valence-corrected chi connectivity index (χ0v) is 17.8. The molecular formula is C22H25FN2O4S. The first-order valence-electron chi connectivity index (χ1n) is 10.0. The molecule has 0 spiro atoms. The molecule has 2 aromatic rings. The summed E-state index contributed by atoms with van der Waals surface area (Å²) in [5.41, 5.74) is -0.422. The van der Waals surface area contributed by atoms with Gasteiger partial charge in [-0.1, -0.05) is 13.8 Å². The molecule has 2 unspecified atom stereocenters. The van der Waals surface area contributed by atoms with Crippen LogP contribution in [0, 0.1) is 22.6 Å².